The third-order valence-electron chi connectivity index (χ3n) is 7.16. The summed E-state index contributed by atoms with van der Waals surface area (Å²) in [6, 6.07) is 14.6. The molecule has 3 aromatic carbocycles. The van der Waals surface area contributed by atoms with Gasteiger partial charge in [0.25, 0.3) is 0 Å². The molecule has 0 unspecified atom stereocenters. The molecule has 7 nitrogen and oxygen atoms in total. The zero-order chi connectivity index (χ0) is 29.8. The maximum atomic E-state index is 14.9. The summed E-state index contributed by atoms with van der Waals surface area (Å²) in [6.45, 7) is 6.44. The molecule has 4 aromatic rings. The van der Waals surface area contributed by atoms with Crippen LogP contribution in [0.3, 0.4) is 0 Å². The van der Waals surface area contributed by atoms with Gasteiger partial charge in [-0.2, -0.15) is 5.10 Å². The lowest BCUT2D eigenvalue weighted by Crippen LogP contribution is -2.35. The SMILES string of the molecule is CC(=O)Nc1cc(C)c(Cn2cc(-c3cccc4c3SCCN4C(=O)CCCOc3cccc(Cl)c3C)cn2)c(F)c1. The number of nitrogens with one attached hydrogen (secondary N) is 1. The molecule has 5 rings (SSSR count). The van der Waals surface area contributed by atoms with Gasteiger partial charge in [0.15, 0.2) is 0 Å². The molecule has 0 aliphatic carbocycles. The lowest BCUT2D eigenvalue weighted by atomic mass is 10.1. The number of benzene rings is 3. The Kier molecular flexibility index (Phi) is 9.18. The zero-order valence-corrected chi connectivity index (χ0v) is 25.3. The van der Waals surface area contributed by atoms with Crippen LogP contribution in [0.1, 0.15) is 36.5 Å². The molecule has 2 heterocycles. The number of carbonyl (C=O) groups is 2. The third-order valence-corrected chi connectivity index (χ3v) is 8.68. The van der Waals surface area contributed by atoms with Crippen LogP contribution in [0.15, 0.2) is 65.8 Å². The minimum Gasteiger partial charge on any atom is -0.493 e. The van der Waals surface area contributed by atoms with E-state index in [9.17, 15) is 14.0 Å². The van der Waals surface area contributed by atoms with Gasteiger partial charge in [0.1, 0.15) is 11.6 Å². The lowest BCUT2D eigenvalue weighted by molar-refractivity contribution is -0.119. The van der Waals surface area contributed by atoms with E-state index in [-0.39, 0.29) is 18.4 Å². The van der Waals surface area contributed by atoms with Gasteiger partial charge in [0.05, 0.1) is 25.0 Å². The van der Waals surface area contributed by atoms with E-state index in [4.69, 9.17) is 16.3 Å². The molecule has 0 spiro atoms. The van der Waals surface area contributed by atoms with Crippen LogP contribution in [0, 0.1) is 19.7 Å². The quantitative estimate of drug-likeness (QED) is 0.203. The molecule has 1 aliphatic heterocycles. The monoisotopic (exact) mass is 606 g/mol. The van der Waals surface area contributed by atoms with Crippen molar-refractivity contribution < 1.29 is 18.7 Å². The molecule has 0 atom stereocenters. The van der Waals surface area contributed by atoms with Crippen molar-refractivity contribution in [1.29, 1.82) is 0 Å². The third kappa shape index (κ3) is 6.63. The molecule has 0 radical (unpaired) electrons. The Bertz CT molecular complexity index is 1620. The molecule has 1 aliphatic rings. The molecule has 2 amide bonds. The van der Waals surface area contributed by atoms with E-state index in [1.54, 1.807) is 28.7 Å². The van der Waals surface area contributed by atoms with Crippen LogP contribution in [-0.2, 0) is 16.1 Å². The minimum absolute atomic E-state index is 0.0597. The predicted molar refractivity (Wildman–Crippen MR) is 166 cm³/mol. The van der Waals surface area contributed by atoms with Crippen molar-refractivity contribution in [2.75, 3.05) is 29.1 Å². The topological polar surface area (TPSA) is 76.5 Å². The number of anilines is 2. The van der Waals surface area contributed by atoms with Crippen molar-refractivity contribution >= 4 is 46.6 Å². The number of halogens is 2. The fourth-order valence-electron chi connectivity index (χ4n) is 5.02. The van der Waals surface area contributed by atoms with Crippen molar-refractivity contribution in [2.45, 2.75) is 45.1 Å². The van der Waals surface area contributed by atoms with Crippen LogP contribution < -0.4 is 15.0 Å². The van der Waals surface area contributed by atoms with Crippen LogP contribution >= 0.6 is 23.4 Å². The van der Waals surface area contributed by atoms with Crippen LogP contribution in [0.4, 0.5) is 15.8 Å². The lowest BCUT2D eigenvalue weighted by Gasteiger charge is -2.30. The average Bonchev–Trinajstić information content (AvgIpc) is 3.42. The Balaban J connectivity index is 1.27. The number of nitrogens with zero attached hydrogens (tertiary/aromatic N) is 3. The summed E-state index contributed by atoms with van der Waals surface area (Å²) in [6.07, 6.45) is 4.63. The Morgan fingerprint density at radius 3 is 2.76 bits per heavy atom. The van der Waals surface area contributed by atoms with E-state index in [1.165, 1.54) is 13.0 Å². The summed E-state index contributed by atoms with van der Waals surface area (Å²) in [5.41, 5.74) is 5.33. The molecule has 0 saturated carbocycles. The molecule has 218 valence electrons. The van der Waals surface area contributed by atoms with Crippen molar-refractivity contribution in [3.63, 3.8) is 0 Å². The Labute approximate surface area is 254 Å². The minimum atomic E-state index is -0.397. The first-order chi connectivity index (χ1) is 20.2. The van der Waals surface area contributed by atoms with Crippen molar-refractivity contribution in [3.8, 4) is 16.9 Å². The highest BCUT2D eigenvalue weighted by molar-refractivity contribution is 7.99. The van der Waals surface area contributed by atoms with E-state index in [0.717, 1.165) is 44.3 Å². The van der Waals surface area contributed by atoms with Crippen molar-refractivity contribution in [1.82, 2.24) is 9.78 Å². The maximum Gasteiger partial charge on any atom is 0.227 e. The largest absolute Gasteiger partial charge is 0.493 e. The molecule has 0 fully saturated rings. The normalized spacial score (nSPS) is 12.6. The second-order valence-corrected chi connectivity index (χ2v) is 11.7. The molecular weight excluding hydrogens is 575 g/mol. The molecule has 1 N–H and O–H groups in total. The van der Waals surface area contributed by atoms with Crippen molar-refractivity contribution in [3.05, 3.63) is 88.5 Å². The van der Waals surface area contributed by atoms with Crippen LogP contribution in [-0.4, -0.2) is 40.5 Å². The molecule has 0 bridgehead atoms. The van der Waals surface area contributed by atoms with Crippen LogP contribution in [0.25, 0.3) is 11.1 Å². The molecule has 10 heteroatoms. The number of aromatic nitrogens is 2. The number of rotatable bonds is 9. The van der Waals surface area contributed by atoms with E-state index in [2.05, 4.69) is 10.4 Å². The van der Waals surface area contributed by atoms with Gasteiger partial charge in [-0.15, -0.1) is 11.8 Å². The summed E-state index contributed by atoms with van der Waals surface area (Å²) >= 11 is 7.90. The van der Waals surface area contributed by atoms with Gasteiger partial charge in [-0.05, 0) is 56.2 Å². The van der Waals surface area contributed by atoms with Gasteiger partial charge in [0.2, 0.25) is 11.8 Å². The van der Waals surface area contributed by atoms with Crippen LogP contribution in [0.5, 0.6) is 5.75 Å². The van der Waals surface area contributed by atoms with Gasteiger partial charge < -0.3 is 15.0 Å². The second kappa shape index (κ2) is 13.0. The Morgan fingerprint density at radius 1 is 1.17 bits per heavy atom. The van der Waals surface area contributed by atoms with Gasteiger partial charge in [0, 0.05) is 69.7 Å². The predicted octanol–water partition coefficient (Wildman–Crippen LogP) is 7.26. The highest BCUT2D eigenvalue weighted by atomic mass is 35.5. The summed E-state index contributed by atoms with van der Waals surface area (Å²) in [7, 11) is 0. The number of amides is 2. The first kappa shape index (κ1) is 29.7. The number of fused-ring (bicyclic) bond motifs is 1. The summed E-state index contributed by atoms with van der Waals surface area (Å²) in [4.78, 5) is 27.5. The highest BCUT2D eigenvalue weighted by Gasteiger charge is 2.25. The number of carbonyl (C=O) groups excluding carboxylic acids is 2. The number of hydrogen-bond donors (Lipinski definition) is 1. The van der Waals surface area contributed by atoms with Crippen LogP contribution in [0.2, 0.25) is 5.02 Å². The number of hydrogen-bond acceptors (Lipinski definition) is 5. The number of thioether (sulfide) groups is 1. The fraction of sp³-hybridized carbons (Fsp3) is 0.281. The standard InChI is InChI=1S/C32H32ClFN4O3S/c1-20-15-24(36-22(3)39)16-28(34)26(20)19-37-18-23(17-35-37)25-7-4-9-29-32(25)42-14-12-38(29)31(40)11-6-13-41-30-10-5-8-27(33)21(30)2/h4-5,7-10,15-18H,6,11-14,19H2,1-3H3,(H,36,39). The second-order valence-electron chi connectivity index (χ2n) is 10.2. The summed E-state index contributed by atoms with van der Waals surface area (Å²) in [5, 5.41) is 7.78. The maximum absolute atomic E-state index is 14.9. The first-order valence-corrected chi connectivity index (χ1v) is 15.1. The van der Waals surface area contributed by atoms with Crippen molar-refractivity contribution in [2.24, 2.45) is 0 Å². The van der Waals surface area contributed by atoms with E-state index in [0.29, 0.717) is 42.3 Å². The number of ether oxygens (including phenoxy) is 1. The molecule has 0 saturated heterocycles. The summed E-state index contributed by atoms with van der Waals surface area (Å²) < 4.78 is 22.5. The Hall–Kier alpha value is -3.82. The molecule has 42 heavy (non-hydrogen) atoms. The highest BCUT2D eigenvalue weighted by Crippen LogP contribution is 2.42. The van der Waals surface area contributed by atoms with E-state index < -0.39 is 5.82 Å². The fourth-order valence-corrected chi connectivity index (χ4v) is 6.33. The van der Waals surface area contributed by atoms with Gasteiger partial charge >= 0.3 is 0 Å². The van der Waals surface area contributed by atoms with Gasteiger partial charge in [-0.3, -0.25) is 14.3 Å². The Morgan fingerprint density at radius 2 is 1.98 bits per heavy atom. The number of aryl methyl sites for hydroxylation is 1. The first-order valence-electron chi connectivity index (χ1n) is 13.7. The average molecular weight is 607 g/mol. The molecule has 1 aromatic heterocycles. The van der Waals surface area contributed by atoms with E-state index in [1.807, 2.05) is 61.3 Å². The van der Waals surface area contributed by atoms with Gasteiger partial charge in [-0.25, -0.2) is 4.39 Å². The van der Waals surface area contributed by atoms with Gasteiger partial charge in [-0.1, -0.05) is 29.8 Å². The zero-order valence-electron chi connectivity index (χ0n) is 23.7. The molecular formula is C32H32ClFN4O3S. The summed E-state index contributed by atoms with van der Waals surface area (Å²) in [5.74, 6) is 0.933. The smallest absolute Gasteiger partial charge is 0.227 e. The van der Waals surface area contributed by atoms with E-state index >= 15 is 0 Å².